The molecule has 0 aliphatic carbocycles. The maximum Gasteiger partial charge on any atom is 0.319 e. The first-order valence-electron chi connectivity index (χ1n) is 9.22. The molecule has 0 amide bonds. The Morgan fingerprint density at radius 1 is 1.19 bits per heavy atom. The van der Waals surface area contributed by atoms with Gasteiger partial charge < -0.3 is 10.6 Å². The lowest BCUT2D eigenvalue weighted by atomic mass is 9.86. The smallest absolute Gasteiger partial charge is 0.319 e. The predicted octanol–water partition coefficient (Wildman–Crippen LogP) is 3.87. The first-order valence-corrected chi connectivity index (χ1v) is 9.22. The molecule has 0 bridgehead atoms. The third-order valence-electron chi connectivity index (χ3n) is 4.21. The molecule has 2 rings (SSSR count). The summed E-state index contributed by atoms with van der Waals surface area (Å²) in [6.07, 6.45) is 3.47. The van der Waals surface area contributed by atoms with E-state index >= 15 is 0 Å². The van der Waals surface area contributed by atoms with Crippen LogP contribution in [0.1, 0.15) is 51.2 Å². The lowest BCUT2D eigenvalue weighted by molar-refractivity contribution is 0.0671. The monoisotopic (exact) mass is 377 g/mol. The maximum atomic E-state index is 12.9. The Bertz CT molecular complexity index is 730. The average molecular weight is 377 g/mol. The number of imidazole rings is 1. The number of hydrogen-bond acceptors (Lipinski definition) is 2. The Labute approximate surface area is 159 Å². The van der Waals surface area contributed by atoms with Crippen LogP contribution in [0, 0.1) is 0 Å². The second kappa shape index (κ2) is 9.48. The highest BCUT2D eigenvalue weighted by Crippen LogP contribution is 2.22. The van der Waals surface area contributed by atoms with Crippen molar-refractivity contribution in [2.75, 3.05) is 13.1 Å². The number of nitrogens with zero attached hydrogens (tertiary/aromatic N) is 3. The van der Waals surface area contributed by atoms with Crippen molar-refractivity contribution in [1.29, 1.82) is 0 Å². The third kappa shape index (κ3) is 6.34. The molecule has 0 atom stereocenters. The first-order chi connectivity index (χ1) is 12.8. The molecule has 1 aromatic carbocycles. The number of alkyl halides is 2. The van der Waals surface area contributed by atoms with E-state index in [4.69, 9.17) is 0 Å². The Kier molecular flexibility index (Phi) is 7.33. The Hall–Kier alpha value is -2.44. The summed E-state index contributed by atoms with van der Waals surface area (Å²) in [7, 11) is 0. The Morgan fingerprint density at radius 3 is 2.48 bits per heavy atom. The van der Waals surface area contributed by atoms with Gasteiger partial charge in [0, 0.05) is 25.5 Å². The maximum absolute atomic E-state index is 12.9. The zero-order chi connectivity index (χ0) is 19.9. The Balaban J connectivity index is 1.91. The average Bonchev–Trinajstić information content (AvgIpc) is 3.08. The summed E-state index contributed by atoms with van der Waals surface area (Å²) in [5.41, 5.74) is 2.69. The molecule has 0 unspecified atom stereocenters. The van der Waals surface area contributed by atoms with Crippen molar-refractivity contribution in [3.05, 3.63) is 53.6 Å². The van der Waals surface area contributed by atoms with E-state index in [0.29, 0.717) is 19.0 Å². The number of rotatable bonds is 7. The zero-order valence-corrected chi connectivity index (χ0v) is 16.5. The molecule has 7 heteroatoms. The van der Waals surface area contributed by atoms with Gasteiger partial charge in [0.05, 0.1) is 0 Å². The van der Waals surface area contributed by atoms with Crippen molar-refractivity contribution in [1.82, 2.24) is 20.2 Å². The summed E-state index contributed by atoms with van der Waals surface area (Å²) in [6.45, 7) is 7.42. The number of aliphatic imine (C=N–C) groups is 1. The summed E-state index contributed by atoms with van der Waals surface area (Å²) >= 11 is 0. The number of aromatic nitrogens is 2. The minimum atomic E-state index is -2.61. The summed E-state index contributed by atoms with van der Waals surface area (Å²) in [5.74, 6) is 0.826. The van der Waals surface area contributed by atoms with Gasteiger partial charge in [0.25, 0.3) is 0 Å². The summed E-state index contributed by atoms with van der Waals surface area (Å²) in [4.78, 5) is 8.30. The second-order valence-corrected chi connectivity index (χ2v) is 7.35. The van der Waals surface area contributed by atoms with Gasteiger partial charge in [0.1, 0.15) is 12.4 Å². The van der Waals surface area contributed by atoms with Gasteiger partial charge in [-0.1, -0.05) is 45.0 Å². The summed E-state index contributed by atoms with van der Waals surface area (Å²) in [5, 5.41) is 6.36. The lowest BCUT2D eigenvalue weighted by Crippen LogP contribution is -2.38. The standard InChI is InChI=1S/C20H29F2N5/c1-5-23-19(26-14-17-24-12-13-27(17)18(21)22)25-11-10-15-6-8-16(9-7-15)20(2,3)4/h6-9,12-13,18H,5,10-11,14H2,1-4H3,(H2,23,25,26). The molecule has 1 heterocycles. The van der Waals surface area contributed by atoms with E-state index in [1.54, 1.807) is 0 Å². The fourth-order valence-corrected chi connectivity index (χ4v) is 2.63. The van der Waals surface area contributed by atoms with Crippen LogP contribution in [0.3, 0.4) is 0 Å². The minimum Gasteiger partial charge on any atom is -0.357 e. The molecule has 2 aromatic rings. The lowest BCUT2D eigenvalue weighted by Gasteiger charge is -2.19. The summed E-state index contributed by atoms with van der Waals surface area (Å²) in [6, 6.07) is 8.62. The van der Waals surface area contributed by atoms with E-state index in [9.17, 15) is 8.78 Å². The van der Waals surface area contributed by atoms with Crippen LogP contribution in [-0.4, -0.2) is 28.6 Å². The van der Waals surface area contributed by atoms with Gasteiger partial charge in [0.15, 0.2) is 5.96 Å². The van der Waals surface area contributed by atoms with Crippen molar-refractivity contribution in [3.63, 3.8) is 0 Å². The molecule has 0 fully saturated rings. The minimum absolute atomic E-state index is 0.0902. The molecule has 2 N–H and O–H groups in total. The molecule has 0 aliphatic heterocycles. The van der Waals surface area contributed by atoms with Gasteiger partial charge in [-0.05, 0) is 29.9 Å². The fraction of sp³-hybridized carbons (Fsp3) is 0.500. The highest BCUT2D eigenvalue weighted by atomic mass is 19.3. The summed E-state index contributed by atoms with van der Waals surface area (Å²) < 4.78 is 26.6. The predicted molar refractivity (Wildman–Crippen MR) is 105 cm³/mol. The quantitative estimate of drug-likeness (QED) is 0.569. The van der Waals surface area contributed by atoms with Gasteiger partial charge >= 0.3 is 6.55 Å². The van der Waals surface area contributed by atoms with Crippen LogP contribution in [0.5, 0.6) is 0 Å². The highest BCUT2D eigenvalue weighted by Gasteiger charge is 2.13. The van der Waals surface area contributed by atoms with Crippen molar-refractivity contribution < 1.29 is 8.78 Å². The molecule has 5 nitrogen and oxygen atoms in total. The topological polar surface area (TPSA) is 54.2 Å². The second-order valence-electron chi connectivity index (χ2n) is 7.35. The number of halogens is 2. The number of benzene rings is 1. The number of hydrogen-bond donors (Lipinski definition) is 2. The van der Waals surface area contributed by atoms with Crippen molar-refractivity contribution in [2.45, 2.75) is 52.6 Å². The van der Waals surface area contributed by atoms with Gasteiger partial charge in [-0.3, -0.25) is 4.57 Å². The van der Waals surface area contributed by atoms with Gasteiger partial charge in [-0.2, -0.15) is 8.78 Å². The number of nitrogens with one attached hydrogen (secondary N) is 2. The molecule has 0 radical (unpaired) electrons. The van der Waals surface area contributed by atoms with E-state index in [0.717, 1.165) is 11.0 Å². The van der Waals surface area contributed by atoms with Crippen LogP contribution >= 0.6 is 0 Å². The van der Waals surface area contributed by atoms with Crippen LogP contribution < -0.4 is 10.6 Å². The molecular formula is C20H29F2N5. The van der Waals surface area contributed by atoms with Gasteiger partial charge in [-0.15, -0.1) is 0 Å². The van der Waals surface area contributed by atoms with Crippen LogP contribution in [0.15, 0.2) is 41.7 Å². The molecule has 27 heavy (non-hydrogen) atoms. The van der Waals surface area contributed by atoms with Crippen LogP contribution in [0.4, 0.5) is 8.78 Å². The number of guanidine groups is 1. The largest absolute Gasteiger partial charge is 0.357 e. The Morgan fingerprint density at radius 2 is 1.89 bits per heavy atom. The molecule has 0 spiro atoms. The van der Waals surface area contributed by atoms with Crippen molar-refractivity contribution in [3.8, 4) is 0 Å². The normalized spacial score (nSPS) is 12.5. The highest BCUT2D eigenvalue weighted by molar-refractivity contribution is 5.79. The van der Waals surface area contributed by atoms with Gasteiger partial charge in [-0.25, -0.2) is 9.98 Å². The molecule has 1 aromatic heterocycles. The van der Waals surface area contributed by atoms with E-state index in [2.05, 4.69) is 65.6 Å². The van der Waals surface area contributed by atoms with Crippen LogP contribution in [-0.2, 0) is 18.4 Å². The SMILES string of the molecule is CCNC(=NCc1nccn1C(F)F)NCCc1ccc(C(C)(C)C)cc1. The fourth-order valence-electron chi connectivity index (χ4n) is 2.63. The van der Waals surface area contributed by atoms with E-state index in [-0.39, 0.29) is 17.8 Å². The molecule has 0 saturated heterocycles. The molecule has 0 saturated carbocycles. The molecule has 0 aliphatic rings. The molecule has 148 valence electrons. The molecular weight excluding hydrogens is 348 g/mol. The third-order valence-corrected chi connectivity index (χ3v) is 4.21. The van der Waals surface area contributed by atoms with Crippen molar-refractivity contribution >= 4 is 5.96 Å². The van der Waals surface area contributed by atoms with Gasteiger partial charge in [0.2, 0.25) is 0 Å². The first kappa shape index (κ1) is 20.9. The van der Waals surface area contributed by atoms with E-state index < -0.39 is 6.55 Å². The van der Waals surface area contributed by atoms with Crippen LogP contribution in [0.25, 0.3) is 0 Å². The van der Waals surface area contributed by atoms with Crippen LogP contribution in [0.2, 0.25) is 0 Å². The zero-order valence-electron chi connectivity index (χ0n) is 16.5. The van der Waals surface area contributed by atoms with Crippen molar-refractivity contribution in [2.24, 2.45) is 4.99 Å². The van der Waals surface area contributed by atoms with E-state index in [1.165, 1.54) is 23.5 Å². The van der Waals surface area contributed by atoms with E-state index in [1.807, 2.05) is 6.92 Å².